The van der Waals surface area contributed by atoms with E-state index in [1.165, 1.54) is 11.3 Å². The van der Waals surface area contributed by atoms with Gasteiger partial charge in [-0.3, -0.25) is 4.79 Å². The molecule has 0 atom stereocenters. The molecule has 1 N–H and O–H groups in total. The first kappa shape index (κ1) is 15.4. The van der Waals surface area contributed by atoms with Gasteiger partial charge in [0, 0.05) is 26.7 Å². The summed E-state index contributed by atoms with van der Waals surface area (Å²) in [6.07, 6.45) is 1.04. The van der Waals surface area contributed by atoms with Crippen molar-refractivity contribution in [2.45, 2.75) is 13.0 Å². The van der Waals surface area contributed by atoms with Crippen LogP contribution >= 0.6 is 0 Å². The Labute approximate surface area is 137 Å². The monoisotopic (exact) mass is 309 g/mol. The Morgan fingerprint density at radius 1 is 0.957 bits per heavy atom. The van der Waals surface area contributed by atoms with Gasteiger partial charge in [0.25, 0.3) is 0 Å². The lowest BCUT2D eigenvalue weighted by Crippen LogP contribution is -2.36. The minimum Gasteiger partial charge on any atom is -0.365 e. The highest BCUT2D eigenvalue weighted by molar-refractivity contribution is 5.83. The summed E-state index contributed by atoms with van der Waals surface area (Å²) in [5, 5.41) is 2.72. The van der Waals surface area contributed by atoms with Crippen LogP contribution in [0.15, 0.2) is 54.6 Å². The Morgan fingerprint density at radius 3 is 2.26 bits per heavy atom. The summed E-state index contributed by atoms with van der Waals surface area (Å²) < 4.78 is 0. The fraction of sp³-hybridized carbons (Fsp3) is 0.316. The number of para-hydroxylation sites is 2. The van der Waals surface area contributed by atoms with E-state index in [2.05, 4.69) is 57.6 Å². The lowest BCUT2D eigenvalue weighted by molar-refractivity contribution is -0.119. The molecular formula is C19H23N3O. The predicted octanol–water partition coefficient (Wildman–Crippen LogP) is 2.65. The summed E-state index contributed by atoms with van der Waals surface area (Å²) in [5.41, 5.74) is 3.66. The quantitative estimate of drug-likeness (QED) is 0.943. The number of rotatable bonds is 4. The topological polar surface area (TPSA) is 35.6 Å². The van der Waals surface area contributed by atoms with Crippen molar-refractivity contribution in [1.82, 2.24) is 5.32 Å². The average Bonchev–Trinajstić information content (AvgIpc) is 2.76. The number of hydrogen-bond acceptors (Lipinski definition) is 3. The molecule has 0 aliphatic carbocycles. The van der Waals surface area contributed by atoms with Gasteiger partial charge in [-0.2, -0.15) is 0 Å². The van der Waals surface area contributed by atoms with Gasteiger partial charge in [-0.25, -0.2) is 0 Å². The van der Waals surface area contributed by atoms with Crippen LogP contribution in [0, 0.1) is 0 Å². The van der Waals surface area contributed by atoms with E-state index >= 15 is 0 Å². The van der Waals surface area contributed by atoms with Gasteiger partial charge in [0.1, 0.15) is 0 Å². The van der Waals surface area contributed by atoms with Gasteiger partial charge in [0.15, 0.2) is 0 Å². The van der Waals surface area contributed by atoms with Crippen molar-refractivity contribution in [1.29, 1.82) is 0 Å². The molecule has 4 heteroatoms. The molecule has 1 aliphatic heterocycles. The van der Waals surface area contributed by atoms with Crippen LogP contribution in [-0.2, 0) is 11.3 Å². The van der Waals surface area contributed by atoms with Crippen molar-refractivity contribution in [2.24, 2.45) is 0 Å². The van der Waals surface area contributed by atoms with Gasteiger partial charge in [0.2, 0.25) is 5.91 Å². The Bertz CT molecular complexity index is 657. The summed E-state index contributed by atoms with van der Waals surface area (Å²) in [4.78, 5) is 16.4. The molecule has 23 heavy (non-hydrogen) atoms. The van der Waals surface area contributed by atoms with Crippen LogP contribution in [0.25, 0.3) is 0 Å². The molecule has 0 bridgehead atoms. The Balaban J connectivity index is 1.87. The standard InChI is InChI=1S/C19H23N3O/c1-20-19(23)15-22-13-7-12-21(14-16-8-3-2-4-9-16)17-10-5-6-11-18(17)22/h2-6,8-11H,7,12-15H2,1H3,(H,20,23). The molecular weight excluding hydrogens is 286 g/mol. The molecule has 0 unspecified atom stereocenters. The zero-order chi connectivity index (χ0) is 16.1. The molecule has 0 saturated heterocycles. The summed E-state index contributed by atoms with van der Waals surface area (Å²) >= 11 is 0. The number of fused-ring (bicyclic) bond motifs is 1. The van der Waals surface area contributed by atoms with E-state index in [1.807, 2.05) is 12.1 Å². The smallest absolute Gasteiger partial charge is 0.239 e. The van der Waals surface area contributed by atoms with E-state index in [9.17, 15) is 4.79 Å². The third-order valence-corrected chi connectivity index (χ3v) is 4.25. The summed E-state index contributed by atoms with van der Waals surface area (Å²) in [5.74, 6) is 0.0521. The molecule has 0 radical (unpaired) electrons. The van der Waals surface area contributed by atoms with E-state index in [0.29, 0.717) is 6.54 Å². The first-order valence-corrected chi connectivity index (χ1v) is 8.11. The third kappa shape index (κ3) is 3.65. The highest BCUT2D eigenvalue weighted by Gasteiger charge is 2.21. The molecule has 4 nitrogen and oxygen atoms in total. The Hall–Kier alpha value is -2.49. The minimum absolute atomic E-state index is 0.0521. The van der Waals surface area contributed by atoms with E-state index in [1.54, 1.807) is 7.05 Å². The molecule has 0 saturated carbocycles. The van der Waals surface area contributed by atoms with Crippen LogP contribution in [0.2, 0.25) is 0 Å². The third-order valence-electron chi connectivity index (χ3n) is 4.25. The van der Waals surface area contributed by atoms with Crippen molar-refractivity contribution in [2.75, 3.05) is 36.5 Å². The molecule has 120 valence electrons. The van der Waals surface area contributed by atoms with E-state index in [0.717, 1.165) is 31.7 Å². The summed E-state index contributed by atoms with van der Waals surface area (Å²) in [6, 6.07) is 18.9. The molecule has 0 aromatic heterocycles. The number of nitrogens with one attached hydrogen (secondary N) is 1. The van der Waals surface area contributed by atoms with E-state index in [-0.39, 0.29) is 5.91 Å². The van der Waals surface area contributed by atoms with E-state index in [4.69, 9.17) is 0 Å². The second-order valence-electron chi connectivity index (χ2n) is 5.84. The number of carbonyl (C=O) groups is 1. The van der Waals surface area contributed by atoms with Gasteiger partial charge in [-0.1, -0.05) is 42.5 Å². The number of anilines is 2. The van der Waals surface area contributed by atoms with Crippen LogP contribution in [0.3, 0.4) is 0 Å². The SMILES string of the molecule is CNC(=O)CN1CCCN(Cc2ccccc2)c2ccccc21. The molecule has 1 heterocycles. The van der Waals surface area contributed by atoms with Crippen LogP contribution in [-0.4, -0.2) is 32.6 Å². The van der Waals surface area contributed by atoms with Gasteiger partial charge in [0.05, 0.1) is 17.9 Å². The second kappa shape index (κ2) is 7.18. The molecule has 3 rings (SSSR count). The van der Waals surface area contributed by atoms with Gasteiger partial charge < -0.3 is 15.1 Å². The Morgan fingerprint density at radius 2 is 1.57 bits per heavy atom. The lowest BCUT2D eigenvalue weighted by atomic mass is 10.1. The van der Waals surface area contributed by atoms with Gasteiger partial charge in [-0.05, 0) is 24.1 Å². The number of hydrogen-bond donors (Lipinski definition) is 1. The highest BCUT2D eigenvalue weighted by atomic mass is 16.1. The average molecular weight is 309 g/mol. The largest absolute Gasteiger partial charge is 0.365 e. The van der Waals surface area contributed by atoms with Crippen molar-refractivity contribution in [3.05, 3.63) is 60.2 Å². The number of amides is 1. The molecule has 2 aromatic carbocycles. The number of carbonyl (C=O) groups excluding carboxylic acids is 1. The summed E-state index contributed by atoms with van der Waals surface area (Å²) in [7, 11) is 1.69. The highest BCUT2D eigenvalue weighted by Crippen LogP contribution is 2.32. The normalized spacial score (nSPS) is 14.1. The van der Waals surface area contributed by atoms with Crippen molar-refractivity contribution in [3.8, 4) is 0 Å². The van der Waals surface area contributed by atoms with Crippen molar-refractivity contribution >= 4 is 17.3 Å². The maximum Gasteiger partial charge on any atom is 0.239 e. The molecule has 0 fully saturated rings. The second-order valence-corrected chi connectivity index (χ2v) is 5.84. The number of likely N-dealkylation sites (N-methyl/N-ethyl adjacent to an activating group) is 1. The molecule has 1 aliphatic rings. The van der Waals surface area contributed by atoms with Gasteiger partial charge in [-0.15, -0.1) is 0 Å². The maximum absolute atomic E-state index is 11.8. The van der Waals surface area contributed by atoms with Crippen molar-refractivity contribution in [3.63, 3.8) is 0 Å². The van der Waals surface area contributed by atoms with Crippen LogP contribution in [0.4, 0.5) is 11.4 Å². The van der Waals surface area contributed by atoms with E-state index < -0.39 is 0 Å². The number of benzene rings is 2. The van der Waals surface area contributed by atoms with Crippen LogP contribution < -0.4 is 15.1 Å². The molecule has 0 spiro atoms. The first-order valence-electron chi connectivity index (χ1n) is 8.11. The fourth-order valence-electron chi connectivity index (χ4n) is 3.08. The maximum atomic E-state index is 11.8. The summed E-state index contributed by atoms with van der Waals surface area (Å²) in [6.45, 7) is 3.20. The predicted molar refractivity (Wildman–Crippen MR) is 94.8 cm³/mol. The molecule has 2 aromatic rings. The number of nitrogens with zero attached hydrogens (tertiary/aromatic N) is 2. The van der Waals surface area contributed by atoms with Crippen LogP contribution in [0.5, 0.6) is 0 Å². The lowest BCUT2D eigenvalue weighted by Gasteiger charge is -2.27. The zero-order valence-electron chi connectivity index (χ0n) is 13.5. The first-order chi connectivity index (χ1) is 11.3. The van der Waals surface area contributed by atoms with Crippen molar-refractivity contribution < 1.29 is 4.79 Å². The Kier molecular flexibility index (Phi) is 4.81. The molecule has 1 amide bonds. The minimum atomic E-state index is 0.0521. The fourth-order valence-corrected chi connectivity index (χ4v) is 3.08. The van der Waals surface area contributed by atoms with Gasteiger partial charge >= 0.3 is 0 Å². The zero-order valence-corrected chi connectivity index (χ0v) is 13.5. The van der Waals surface area contributed by atoms with Crippen LogP contribution in [0.1, 0.15) is 12.0 Å².